The molecule has 1 unspecified atom stereocenters. The summed E-state index contributed by atoms with van der Waals surface area (Å²) < 4.78 is 0. The summed E-state index contributed by atoms with van der Waals surface area (Å²) in [5, 5.41) is 9.64. The Kier molecular flexibility index (Phi) is 4.52. The monoisotopic (exact) mass is 223 g/mol. The molecule has 0 fully saturated rings. The molecule has 16 heavy (non-hydrogen) atoms. The summed E-state index contributed by atoms with van der Waals surface area (Å²) in [5.41, 5.74) is 1.45. The van der Waals surface area contributed by atoms with Crippen LogP contribution < -0.4 is 5.32 Å². The molecule has 0 saturated carbocycles. The normalized spacial score (nSPS) is 12.8. The molecule has 90 valence electrons. The van der Waals surface area contributed by atoms with Gasteiger partial charge in [0.15, 0.2) is 0 Å². The van der Waals surface area contributed by atoms with Gasteiger partial charge in [0.2, 0.25) is 0 Å². The van der Waals surface area contributed by atoms with Gasteiger partial charge in [-0.25, -0.2) is 0 Å². The van der Waals surface area contributed by atoms with Gasteiger partial charge in [-0.05, 0) is 19.8 Å². The maximum absolute atomic E-state index is 11.9. The number of aromatic amines is 1. The summed E-state index contributed by atoms with van der Waals surface area (Å²) in [7, 11) is 0. The predicted octanol–water partition coefficient (Wildman–Crippen LogP) is 2.27. The van der Waals surface area contributed by atoms with Gasteiger partial charge < -0.3 is 5.32 Å². The molecule has 0 bridgehead atoms. The number of carbonyl (C=O) groups is 1. The van der Waals surface area contributed by atoms with E-state index in [1.807, 2.05) is 6.92 Å². The lowest BCUT2D eigenvalue weighted by Crippen LogP contribution is -2.37. The topological polar surface area (TPSA) is 57.8 Å². The third kappa shape index (κ3) is 2.84. The van der Waals surface area contributed by atoms with Crippen LogP contribution in [0.5, 0.6) is 0 Å². The molecule has 1 rings (SSSR count). The number of hydrogen-bond acceptors (Lipinski definition) is 2. The second kappa shape index (κ2) is 5.68. The fourth-order valence-corrected chi connectivity index (χ4v) is 1.98. The van der Waals surface area contributed by atoms with Gasteiger partial charge in [-0.3, -0.25) is 9.89 Å². The highest BCUT2D eigenvalue weighted by atomic mass is 16.1. The maximum atomic E-state index is 11.9. The van der Waals surface area contributed by atoms with Gasteiger partial charge in [-0.2, -0.15) is 5.10 Å². The van der Waals surface area contributed by atoms with Gasteiger partial charge in [-0.1, -0.05) is 26.7 Å². The van der Waals surface area contributed by atoms with Gasteiger partial charge in [0.05, 0.1) is 11.8 Å². The molecule has 4 nitrogen and oxygen atoms in total. The average Bonchev–Trinajstić information content (AvgIpc) is 2.66. The molecule has 0 aromatic carbocycles. The van der Waals surface area contributed by atoms with E-state index in [1.54, 1.807) is 6.20 Å². The van der Waals surface area contributed by atoms with E-state index in [1.165, 1.54) is 0 Å². The first-order valence-corrected chi connectivity index (χ1v) is 5.90. The highest BCUT2D eigenvalue weighted by Crippen LogP contribution is 2.13. The Hall–Kier alpha value is -1.32. The van der Waals surface area contributed by atoms with Crippen molar-refractivity contribution in [2.45, 2.75) is 46.6 Å². The van der Waals surface area contributed by atoms with Crippen molar-refractivity contribution in [2.24, 2.45) is 5.92 Å². The molecule has 0 radical (unpaired) electrons. The molecular formula is C12H21N3O. The quantitative estimate of drug-likeness (QED) is 0.804. The Bertz CT molecular complexity index is 342. The molecule has 1 aromatic rings. The van der Waals surface area contributed by atoms with Crippen LogP contribution in [0, 0.1) is 12.8 Å². The summed E-state index contributed by atoms with van der Waals surface area (Å²) in [6.07, 6.45) is 3.74. The number of hydrogen-bond donors (Lipinski definition) is 2. The molecule has 0 saturated heterocycles. The minimum atomic E-state index is -0.0364. The van der Waals surface area contributed by atoms with Crippen LogP contribution in [0.3, 0.4) is 0 Å². The zero-order valence-corrected chi connectivity index (χ0v) is 10.5. The van der Waals surface area contributed by atoms with E-state index >= 15 is 0 Å². The highest BCUT2D eigenvalue weighted by Gasteiger charge is 2.18. The molecule has 0 spiro atoms. The van der Waals surface area contributed by atoms with Crippen LogP contribution in [0.25, 0.3) is 0 Å². The second-order valence-electron chi connectivity index (χ2n) is 4.25. The van der Waals surface area contributed by atoms with E-state index < -0.39 is 0 Å². The zero-order valence-electron chi connectivity index (χ0n) is 10.5. The van der Waals surface area contributed by atoms with E-state index in [2.05, 4.69) is 36.3 Å². The molecule has 0 aliphatic rings. The Morgan fingerprint density at radius 3 is 2.56 bits per heavy atom. The van der Waals surface area contributed by atoms with Gasteiger partial charge >= 0.3 is 0 Å². The Morgan fingerprint density at radius 1 is 1.50 bits per heavy atom. The first-order valence-electron chi connectivity index (χ1n) is 5.90. The molecule has 4 heteroatoms. The molecule has 1 aromatic heterocycles. The van der Waals surface area contributed by atoms with Crippen LogP contribution >= 0.6 is 0 Å². The molecule has 0 aliphatic carbocycles. The lowest BCUT2D eigenvalue weighted by atomic mass is 9.95. The summed E-state index contributed by atoms with van der Waals surface area (Å²) in [4.78, 5) is 11.9. The smallest absolute Gasteiger partial charge is 0.254 e. The van der Waals surface area contributed by atoms with Crippen LogP contribution in [0.4, 0.5) is 0 Å². The van der Waals surface area contributed by atoms with E-state index in [-0.39, 0.29) is 11.9 Å². The van der Waals surface area contributed by atoms with Crippen LogP contribution in [-0.2, 0) is 0 Å². The fourth-order valence-electron chi connectivity index (χ4n) is 1.98. The fraction of sp³-hybridized carbons (Fsp3) is 0.667. The maximum Gasteiger partial charge on any atom is 0.254 e. The van der Waals surface area contributed by atoms with Crippen LogP contribution in [0.15, 0.2) is 6.20 Å². The Labute approximate surface area is 96.8 Å². The molecule has 1 amide bonds. The lowest BCUT2D eigenvalue weighted by molar-refractivity contribution is 0.0924. The van der Waals surface area contributed by atoms with E-state index in [0.29, 0.717) is 11.5 Å². The number of aryl methyl sites for hydroxylation is 1. The molecule has 0 aliphatic heterocycles. The van der Waals surface area contributed by atoms with E-state index in [9.17, 15) is 4.79 Å². The molecule has 1 heterocycles. The second-order valence-corrected chi connectivity index (χ2v) is 4.25. The molecule has 2 N–H and O–H groups in total. The zero-order chi connectivity index (χ0) is 12.1. The van der Waals surface area contributed by atoms with Crippen molar-refractivity contribution in [1.82, 2.24) is 15.5 Å². The minimum absolute atomic E-state index is 0.0364. The Balaban J connectivity index is 2.61. The van der Waals surface area contributed by atoms with Crippen molar-refractivity contribution in [3.63, 3.8) is 0 Å². The van der Waals surface area contributed by atoms with Crippen molar-refractivity contribution < 1.29 is 4.79 Å². The number of rotatable bonds is 5. The van der Waals surface area contributed by atoms with Gasteiger partial charge in [0.25, 0.3) is 5.91 Å². The number of nitrogens with zero attached hydrogens (tertiary/aromatic N) is 1. The largest absolute Gasteiger partial charge is 0.349 e. The van der Waals surface area contributed by atoms with Crippen LogP contribution in [0.1, 0.15) is 49.7 Å². The summed E-state index contributed by atoms with van der Waals surface area (Å²) in [6, 6.07) is 0.205. The van der Waals surface area contributed by atoms with Crippen molar-refractivity contribution in [1.29, 1.82) is 0 Å². The lowest BCUT2D eigenvalue weighted by Gasteiger charge is -2.22. The van der Waals surface area contributed by atoms with Crippen LogP contribution in [-0.4, -0.2) is 22.1 Å². The number of amides is 1. The third-order valence-corrected chi connectivity index (χ3v) is 3.19. The number of aromatic nitrogens is 2. The van der Waals surface area contributed by atoms with Crippen LogP contribution in [0.2, 0.25) is 0 Å². The van der Waals surface area contributed by atoms with Gasteiger partial charge in [0.1, 0.15) is 0 Å². The first-order chi connectivity index (χ1) is 7.60. The third-order valence-electron chi connectivity index (χ3n) is 3.19. The van der Waals surface area contributed by atoms with Crippen molar-refractivity contribution in [2.75, 3.05) is 0 Å². The van der Waals surface area contributed by atoms with Crippen molar-refractivity contribution in [3.8, 4) is 0 Å². The minimum Gasteiger partial charge on any atom is -0.349 e. The van der Waals surface area contributed by atoms with Crippen molar-refractivity contribution in [3.05, 3.63) is 17.5 Å². The number of carbonyl (C=O) groups excluding carboxylic acids is 1. The molecular weight excluding hydrogens is 202 g/mol. The summed E-state index contributed by atoms with van der Waals surface area (Å²) in [6.45, 7) is 8.22. The highest BCUT2D eigenvalue weighted by molar-refractivity contribution is 5.95. The van der Waals surface area contributed by atoms with Gasteiger partial charge in [0, 0.05) is 11.7 Å². The number of nitrogens with one attached hydrogen (secondary N) is 2. The van der Waals surface area contributed by atoms with Crippen molar-refractivity contribution >= 4 is 5.91 Å². The van der Waals surface area contributed by atoms with E-state index in [0.717, 1.165) is 18.5 Å². The first kappa shape index (κ1) is 12.7. The number of H-pyrrole nitrogens is 1. The summed E-state index contributed by atoms with van der Waals surface area (Å²) in [5.74, 6) is 0.502. The summed E-state index contributed by atoms with van der Waals surface area (Å²) >= 11 is 0. The van der Waals surface area contributed by atoms with E-state index in [4.69, 9.17) is 0 Å². The Morgan fingerprint density at radius 2 is 2.12 bits per heavy atom. The average molecular weight is 223 g/mol. The standard InChI is InChI=1S/C12H21N3O/c1-5-10(6-2)8(3)14-12(16)11-7-13-15-9(11)4/h7-8,10H,5-6H2,1-4H3,(H,13,15)(H,14,16). The van der Waals surface area contributed by atoms with Gasteiger partial charge in [-0.15, -0.1) is 0 Å². The predicted molar refractivity (Wildman–Crippen MR) is 64.3 cm³/mol. The molecule has 1 atom stereocenters. The SMILES string of the molecule is CCC(CC)C(C)NC(=O)c1cn[nH]c1C.